The van der Waals surface area contributed by atoms with Crippen molar-refractivity contribution in [3.8, 4) is 0 Å². The predicted octanol–water partition coefficient (Wildman–Crippen LogP) is 3.80. The fourth-order valence-electron chi connectivity index (χ4n) is 2.32. The lowest BCUT2D eigenvalue weighted by atomic mass is 10.1. The molecule has 0 radical (unpaired) electrons. The molecule has 0 bridgehead atoms. The van der Waals surface area contributed by atoms with Gasteiger partial charge in [0.05, 0.1) is 0 Å². The molecule has 2 aromatic rings. The topological polar surface area (TPSA) is 17.0 Å². The second-order valence-corrected chi connectivity index (χ2v) is 5.31. The highest BCUT2D eigenvalue weighted by molar-refractivity contribution is 5.81. The molecule has 0 aliphatic carbocycles. The summed E-state index contributed by atoms with van der Waals surface area (Å²) in [4.78, 5) is 0. The van der Waals surface area contributed by atoms with Crippen LogP contribution < -0.4 is 5.32 Å². The summed E-state index contributed by atoms with van der Waals surface area (Å²) < 4.78 is 2.47. The van der Waals surface area contributed by atoms with Gasteiger partial charge in [-0.15, -0.1) is 0 Å². The van der Waals surface area contributed by atoms with Gasteiger partial charge < -0.3 is 9.88 Å². The standard InChI is InChI=1S/C16H24N2/c1-4-17-12-15-11-14-7-5-6-8-16(14)18(15)10-9-13(2)3/h5-8,11,13,17H,4,9-10,12H2,1-3H3. The van der Waals surface area contributed by atoms with Crippen molar-refractivity contribution >= 4 is 10.9 Å². The lowest BCUT2D eigenvalue weighted by Gasteiger charge is -2.12. The van der Waals surface area contributed by atoms with Gasteiger partial charge in [-0.05, 0) is 36.4 Å². The first-order valence-electron chi connectivity index (χ1n) is 7.00. The van der Waals surface area contributed by atoms with E-state index in [9.17, 15) is 0 Å². The molecule has 98 valence electrons. The summed E-state index contributed by atoms with van der Waals surface area (Å²) in [5, 5.41) is 4.79. The molecule has 0 unspecified atom stereocenters. The van der Waals surface area contributed by atoms with Gasteiger partial charge in [-0.1, -0.05) is 39.0 Å². The summed E-state index contributed by atoms with van der Waals surface area (Å²) in [6, 6.07) is 11.0. The van der Waals surface area contributed by atoms with Crippen LogP contribution in [0, 0.1) is 5.92 Å². The molecule has 18 heavy (non-hydrogen) atoms. The monoisotopic (exact) mass is 244 g/mol. The van der Waals surface area contributed by atoms with E-state index >= 15 is 0 Å². The van der Waals surface area contributed by atoms with Gasteiger partial charge in [0.25, 0.3) is 0 Å². The van der Waals surface area contributed by atoms with Crippen molar-refractivity contribution in [1.82, 2.24) is 9.88 Å². The Morgan fingerprint density at radius 3 is 2.72 bits per heavy atom. The third kappa shape index (κ3) is 2.94. The average molecular weight is 244 g/mol. The number of nitrogens with zero attached hydrogens (tertiary/aromatic N) is 1. The van der Waals surface area contributed by atoms with Crippen LogP contribution in [0.3, 0.4) is 0 Å². The molecule has 0 aliphatic rings. The van der Waals surface area contributed by atoms with Gasteiger partial charge in [-0.3, -0.25) is 0 Å². The first kappa shape index (κ1) is 13.2. The maximum absolute atomic E-state index is 3.43. The van der Waals surface area contributed by atoms with E-state index < -0.39 is 0 Å². The molecule has 0 spiro atoms. The van der Waals surface area contributed by atoms with E-state index in [-0.39, 0.29) is 0 Å². The van der Waals surface area contributed by atoms with E-state index in [0.29, 0.717) is 0 Å². The molecule has 0 atom stereocenters. The molecule has 0 saturated carbocycles. The Hall–Kier alpha value is -1.28. The van der Waals surface area contributed by atoms with E-state index in [1.807, 2.05) is 0 Å². The first-order chi connectivity index (χ1) is 8.72. The summed E-state index contributed by atoms with van der Waals surface area (Å²) in [5.74, 6) is 0.748. The van der Waals surface area contributed by atoms with E-state index in [4.69, 9.17) is 0 Å². The Bertz CT molecular complexity index is 497. The van der Waals surface area contributed by atoms with Gasteiger partial charge in [0.15, 0.2) is 0 Å². The Balaban J connectivity index is 2.31. The van der Waals surface area contributed by atoms with Gasteiger partial charge in [-0.2, -0.15) is 0 Å². The third-order valence-electron chi connectivity index (χ3n) is 3.38. The van der Waals surface area contributed by atoms with E-state index in [1.54, 1.807) is 0 Å². The Morgan fingerprint density at radius 2 is 2.00 bits per heavy atom. The molecular weight excluding hydrogens is 220 g/mol. The molecule has 0 aliphatic heterocycles. The van der Waals surface area contributed by atoms with Crippen LogP contribution in [0.2, 0.25) is 0 Å². The number of fused-ring (bicyclic) bond motifs is 1. The highest BCUT2D eigenvalue weighted by Crippen LogP contribution is 2.21. The van der Waals surface area contributed by atoms with Crippen molar-refractivity contribution < 1.29 is 0 Å². The SMILES string of the molecule is CCNCc1cc2ccccc2n1CCC(C)C. The van der Waals surface area contributed by atoms with Crippen LogP contribution in [0.25, 0.3) is 10.9 Å². The van der Waals surface area contributed by atoms with E-state index in [1.165, 1.54) is 23.0 Å². The van der Waals surface area contributed by atoms with Crippen LogP contribution in [0.15, 0.2) is 30.3 Å². The number of benzene rings is 1. The Morgan fingerprint density at radius 1 is 1.22 bits per heavy atom. The molecule has 1 N–H and O–H groups in total. The molecule has 2 nitrogen and oxygen atoms in total. The molecule has 0 fully saturated rings. The van der Waals surface area contributed by atoms with Crippen LogP contribution >= 0.6 is 0 Å². The van der Waals surface area contributed by atoms with Gasteiger partial charge >= 0.3 is 0 Å². The second kappa shape index (κ2) is 6.05. The summed E-state index contributed by atoms with van der Waals surface area (Å²) >= 11 is 0. The zero-order chi connectivity index (χ0) is 13.0. The molecule has 1 heterocycles. The first-order valence-corrected chi connectivity index (χ1v) is 7.00. The van der Waals surface area contributed by atoms with Crippen molar-refractivity contribution in [2.45, 2.75) is 40.3 Å². The van der Waals surface area contributed by atoms with Gasteiger partial charge in [0.2, 0.25) is 0 Å². The fourth-order valence-corrected chi connectivity index (χ4v) is 2.32. The van der Waals surface area contributed by atoms with Gasteiger partial charge in [0.1, 0.15) is 0 Å². The zero-order valence-corrected chi connectivity index (χ0v) is 11.7. The number of aromatic nitrogens is 1. The molecule has 0 saturated heterocycles. The minimum atomic E-state index is 0.748. The smallest absolute Gasteiger partial charge is 0.0482 e. The Kier molecular flexibility index (Phi) is 4.43. The highest BCUT2D eigenvalue weighted by atomic mass is 15.0. The number of aryl methyl sites for hydroxylation is 1. The van der Waals surface area contributed by atoms with E-state index in [2.05, 4.69) is 61.0 Å². The molecule has 1 aromatic heterocycles. The van der Waals surface area contributed by atoms with Crippen LogP contribution in [0.4, 0.5) is 0 Å². The maximum atomic E-state index is 3.43. The largest absolute Gasteiger partial charge is 0.343 e. The summed E-state index contributed by atoms with van der Waals surface area (Å²) in [5.41, 5.74) is 2.77. The Labute approximate surface area is 110 Å². The van der Waals surface area contributed by atoms with Gasteiger partial charge in [0, 0.05) is 24.3 Å². The van der Waals surface area contributed by atoms with Crippen molar-refractivity contribution in [3.05, 3.63) is 36.0 Å². The summed E-state index contributed by atoms with van der Waals surface area (Å²) in [6.45, 7) is 9.83. The highest BCUT2D eigenvalue weighted by Gasteiger charge is 2.08. The second-order valence-electron chi connectivity index (χ2n) is 5.31. The lowest BCUT2D eigenvalue weighted by Crippen LogP contribution is -2.16. The maximum Gasteiger partial charge on any atom is 0.0482 e. The molecular formula is C16H24N2. The minimum absolute atomic E-state index is 0.748. The molecule has 2 heteroatoms. The number of hydrogen-bond acceptors (Lipinski definition) is 1. The lowest BCUT2D eigenvalue weighted by molar-refractivity contribution is 0.510. The zero-order valence-electron chi connectivity index (χ0n) is 11.7. The summed E-state index contributed by atoms with van der Waals surface area (Å²) in [6.07, 6.45) is 1.23. The number of rotatable bonds is 6. The van der Waals surface area contributed by atoms with Crippen molar-refractivity contribution in [3.63, 3.8) is 0 Å². The number of nitrogens with one attached hydrogen (secondary N) is 1. The average Bonchev–Trinajstić information content (AvgIpc) is 2.71. The van der Waals surface area contributed by atoms with Crippen LogP contribution in [0.1, 0.15) is 32.9 Å². The number of para-hydroxylation sites is 1. The predicted molar refractivity (Wildman–Crippen MR) is 78.8 cm³/mol. The van der Waals surface area contributed by atoms with Crippen LogP contribution in [-0.2, 0) is 13.1 Å². The fraction of sp³-hybridized carbons (Fsp3) is 0.500. The molecule has 2 rings (SSSR count). The minimum Gasteiger partial charge on any atom is -0.343 e. The molecule has 0 amide bonds. The van der Waals surface area contributed by atoms with Crippen molar-refractivity contribution in [2.75, 3.05) is 6.54 Å². The summed E-state index contributed by atoms with van der Waals surface area (Å²) in [7, 11) is 0. The van der Waals surface area contributed by atoms with Crippen molar-refractivity contribution in [1.29, 1.82) is 0 Å². The molecule has 1 aromatic carbocycles. The van der Waals surface area contributed by atoms with E-state index in [0.717, 1.165) is 25.6 Å². The van der Waals surface area contributed by atoms with Crippen LogP contribution in [-0.4, -0.2) is 11.1 Å². The van der Waals surface area contributed by atoms with Gasteiger partial charge in [-0.25, -0.2) is 0 Å². The quantitative estimate of drug-likeness (QED) is 0.818. The third-order valence-corrected chi connectivity index (χ3v) is 3.38. The van der Waals surface area contributed by atoms with Crippen LogP contribution in [0.5, 0.6) is 0 Å². The van der Waals surface area contributed by atoms with Crippen molar-refractivity contribution in [2.24, 2.45) is 5.92 Å². The number of hydrogen-bond donors (Lipinski definition) is 1. The normalized spacial score (nSPS) is 11.6.